The molecule has 0 saturated heterocycles. The maximum Gasteiger partial charge on any atom is 0.416 e. The van der Waals surface area contributed by atoms with Crippen LogP contribution in [0.4, 0.5) is 23.7 Å². The van der Waals surface area contributed by atoms with Gasteiger partial charge in [0.05, 0.1) is 16.8 Å². The fraction of sp³-hybridized carbons (Fsp3) is 0.182. The van der Waals surface area contributed by atoms with Crippen LogP contribution >= 0.6 is 0 Å². The van der Waals surface area contributed by atoms with E-state index in [-0.39, 0.29) is 11.3 Å². The number of nitrogens with one attached hydrogen (secondary N) is 3. The Labute approximate surface area is 183 Å². The van der Waals surface area contributed by atoms with Gasteiger partial charge in [-0.2, -0.15) is 13.2 Å². The number of amides is 3. The summed E-state index contributed by atoms with van der Waals surface area (Å²) in [7, 11) is 0. The van der Waals surface area contributed by atoms with E-state index in [2.05, 4.69) is 33.1 Å². The fourth-order valence-electron chi connectivity index (χ4n) is 2.46. The summed E-state index contributed by atoms with van der Waals surface area (Å²) in [5, 5.41) is 2.20. The highest BCUT2D eigenvalue weighted by atomic mass is 19.4. The molecule has 0 aliphatic carbocycles. The third-order valence-electron chi connectivity index (χ3n) is 4.15. The standard InChI is InChI=1S/C15H13F3N4O2.C7H9N/c1-9-12(6-3-7-19-9)13(23)21-22-14(24)20-11-5-2-4-10(8-11)15(16,17)18;1-2-7-3-5-8-6-4-7/h2-8H,1H3,(H,21,23)(H2,20,22,24);3-6H,2H2,1H3. The molecule has 32 heavy (non-hydrogen) atoms. The van der Waals surface area contributed by atoms with Crippen molar-refractivity contribution in [2.24, 2.45) is 0 Å². The molecule has 3 rings (SSSR count). The van der Waals surface area contributed by atoms with E-state index >= 15 is 0 Å². The minimum Gasteiger partial charge on any atom is -0.307 e. The molecule has 0 saturated carbocycles. The molecule has 0 aliphatic rings. The predicted molar refractivity (Wildman–Crippen MR) is 114 cm³/mol. The number of nitrogens with zero attached hydrogens (tertiary/aromatic N) is 2. The third kappa shape index (κ3) is 7.71. The van der Waals surface area contributed by atoms with E-state index in [1.54, 1.807) is 13.0 Å². The first-order chi connectivity index (χ1) is 15.2. The number of alkyl halides is 3. The number of carbonyl (C=O) groups is 2. The Morgan fingerprint density at radius 2 is 1.69 bits per heavy atom. The van der Waals surface area contributed by atoms with Gasteiger partial charge in [0.25, 0.3) is 5.91 Å². The quantitative estimate of drug-likeness (QED) is 0.517. The second-order valence-electron chi connectivity index (χ2n) is 6.46. The first kappa shape index (κ1) is 24.3. The fourth-order valence-corrected chi connectivity index (χ4v) is 2.46. The van der Waals surface area contributed by atoms with Gasteiger partial charge in [-0.1, -0.05) is 13.0 Å². The first-order valence-corrected chi connectivity index (χ1v) is 9.55. The number of halogens is 3. The number of carbonyl (C=O) groups excluding carboxylic acids is 2. The number of hydrogen-bond acceptors (Lipinski definition) is 4. The summed E-state index contributed by atoms with van der Waals surface area (Å²) in [6, 6.07) is 10.4. The van der Waals surface area contributed by atoms with Gasteiger partial charge in [0.1, 0.15) is 0 Å². The molecule has 0 spiro atoms. The van der Waals surface area contributed by atoms with Crippen LogP contribution in [0.3, 0.4) is 0 Å². The zero-order valence-corrected chi connectivity index (χ0v) is 17.4. The van der Waals surface area contributed by atoms with Gasteiger partial charge in [0.15, 0.2) is 0 Å². The lowest BCUT2D eigenvalue weighted by Gasteiger charge is -2.11. The number of hydrogen-bond donors (Lipinski definition) is 3. The van der Waals surface area contributed by atoms with Gasteiger partial charge in [0, 0.05) is 24.3 Å². The summed E-state index contributed by atoms with van der Waals surface area (Å²) < 4.78 is 37.8. The van der Waals surface area contributed by atoms with E-state index in [4.69, 9.17) is 0 Å². The minimum absolute atomic E-state index is 0.0610. The van der Waals surface area contributed by atoms with Gasteiger partial charge < -0.3 is 5.32 Å². The SMILES string of the molecule is CCc1ccncc1.Cc1ncccc1C(=O)NNC(=O)Nc1cccc(C(F)(F)F)c1. The van der Waals surface area contributed by atoms with Crippen LogP contribution in [0.2, 0.25) is 0 Å². The highest BCUT2D eigenvalue weighted by Gasteiger charge is 2.30. The van der Waals surface area contributed by atoms with Crippen LogP contribution in [0.25, 0.3) is 0 Å². The zero-order chi connectivity index (χ0) is 23.6. The molecule has 0 bridgehead atoms. The van der Waals surface area contributed by atoms with Crippen molar-refractivity contribution < 1.29 is 22.8 Å². The second-order valence-corrected chi connectivity index (χ2v) is 6.46. The minimum atomic E-state index is -4.51. The number of rotatable bonds is 3. The Balaban J connectivity index is 0.000000380. The number of hydrazine groups is 1. The average Bonchev–Trinajstić information content (AvgIpc) is 2.78. The molecule has 0 unspecified atom stereocenters. The van der Waals surface area contributed by atoms with Crippen LogP contribution < -0.4 is 16.2 Å². The molecule has 168 valence electrons. The van der Waals surface area contributed by atoms with Crippen LogP contribution in [0, 0.1) is 6.92 Å². The van der Waals surface area contributed by atoms with Crippen molar-refractivity contribution in [3.8, 4) is 0 Å². The number of aromatic nitrogens is 2. The Morgan fingerprint density at radius 1 is 0.969 bits per heavy atom. The Bertz CT molecular complexity index is 1040. The molecule has 3 N–H and O–H groups in total. The molecule has 0 fully saturated rings. The molecule has 0 radical (unpaired) electrons. The molecular weight excluding hydrogens is 423 g/mol. The largest absolute Gasteiger partial charge is 0.416 e. The molecular formula is C22H22F3N5O2. The maximum atomic E-state index is 12.6. The van der Waals surface area contributed by atoms with Crippen molar-refractivity contribution in [1.82, 2.24) is 20.8 Å². The van der Waals surface area contributed by atoms with Crippen molar-refractivity contribution in [3.63, 3.8) is 0 Å². The summed E-state index contributed by atoms with van der Waals surface area (Å²) in [5.41, 5.74) is 5.32. The molecule has 7 nitrogen and oxygen atoms in total. The van der Waals surface area contributed by atoms with Crippen molar-refractivity contribution in [3.05, 3.63) is 89.5 Å². The lowest BCUT2D eigenvalue weighted by molar-refractivity contribution is -0.137. The van der Waals surface area contributed by atoms with Gasteiger partial charge in [-0.05, 0) is 61.4 Å². The molecule has 0 aliphatic heterocycles. The van der Waals surface area contributed by atoms with Crippen LogP contribution in [-0.4, -0.2) is 21.9 Å². The van der Waals surface area contributed by atoms with Crippen molar-refractivity contribution in [2.75, 3.05) is 5.32 Å². The molecule has 0 atom stereocenters. The number of aryl methyl sites for hydroxylation is 2. The van der Waals surface area contributed by atoms with Gasteiger partial charge in [-0.15, -0.1) is 0 Å². The van der Waals surface area contributed by atoms with Gasteiger partial charge in [0.2, 0.25) is 0 Å². The van der Waals surface area contributed by atoms with Crippen LogP contribution in [-0.2, 0) is 12.6 Å². The van der Waals surface area contributed by atoms with E-state index in [0.717, 1.165) is 24.6 Å². The molecule has 1 aromatic carbocycles. The summed E-state index contributed by atoms with van der Waals surface area (Å²) in [6.45, 7) is 3.76. The Morgan fingerprint density at radius 3 is 2.28 bits per heavy atom. The highest BCUT2D eigenvalue weighted by molar-refractivity contribution is 5.97. The van der Waals surface area contributed by atoms with Gasteiger partial charge in [-0.25, -0.2) is 10.2 Å². The normalized spacial score (nSPS) is 10.4. The van der Waals surface area contributed by atoms with E-state index in [1.807, 2.05) is 24.5 Å². The average molecular weight is 445 g/mol. The van der Waals surface area contributed by atoms with Gasteiger partial charge in [-0.3, -0.25) is 20.2 Å². The predicted octanol–water partition coefficient (Wildman–Crippen LogP) is 4.52. The van der Waals surface area contributed by atoms with Gasteiger partial charge >= 0.3 is 12.2 Å². The van der Waals surface area contributed by atoms with Crippen molar-refractivity contribution in [2.45, 2.75) is 26.4 Å². The highest BCUT2D eigenvalue weighted by Crippen LogP contribution is 2.30. The number of pyridine rings is 2. The molecule has 3 aromatic rings. The van der Waals surface area contributed by atoms with E-state index in [0.29, 0.717) is 5.69 Å². The summed E-state index contributed by atoms with van der Waals surface area (Å²) in [5.74, 6) is -0.597. The first-order valence-electron chi connectivity index (χ1n) is 9.55. The Hall–Kier alpha value is -3.95. The zero-order valence-electron chi connectivity index (χ0n) is 17.4. The second kappa shape index (κ2) is 11.4. The topological polar surface area (TPSA) is 96.0 Å². The van der Waals surface area contributed by atoms with E-state index < -0.39 is 23.7 Å². The summed E-state index contributed by atoms with van der Waals surface area (Å²) in [6.07, 6.45) is 1.74. The molecule has 3 amide bonds. The third-order valence-corrected chi connectivity index (χ3v) is 4.15. The van der Waals surface area contributed by atoms with Crippen molar-refractivity contribution >= 4 is 17.6 Å². The molecule has 2 heterocycles. The molecule has 2 aromatic heterocycles. The Kier molecular flexibility index (Phi) is 8.70. The number of urea groups is 1. The monoisotopic (exact) mass is 445 g/mol. The number of benzene rings is 1. The van der Waals surface area contributed by atoms with Crippen LogP contribution in [0.15, 0.2) is 67.1 Å². The molecule has 10 heteroatoms. The lowest BCUT2D eigenvalue weighted by Crippen LogP contribution is -2.44. The van der Waals surface area contributed by atoms with Crippen LogP contribution in [0.1, 0.15) is 34.1 Å². The van der Waals surface area contributed by atoms with Crippen molar-refractivity contribution in [1.29, 1.82) is 0 Å². The maximum absolute atomic E-state index is 12.6. The summed E-state index contributed by atoms with van der Waals surface area (Å²) in [4.78, 5) is 31.4. The number of anilines is 1. The van der Waals surface area contributed by atoms with Crippen LogP contribution in [0.5, 0.6) is 0 Å². The van der Waals surface area contributed by atoms with E-state index in [1.165, 1.54) is 23.9 Å². The smallest absolute Gasteiger partial charge is 0.307 e. The van der Waals surface area contributed by atoms with E-state index in [9.17, 15) is 22.8 Å². The summed E-state index contributed by atoms with van der Waals surface area (Å²) >= 11 is 0. The lowest BCUT2D eigenvalue weighted by atomic mass is 10.2.